The fourth-order valence-corrected chi connectivity index (χ4v) is 8.73. The average molecular weight is 467 g/mol. The van der Waals surface area contributed by atoms with Crippen LogP contribution >= 0.6 is 0 Å². The van der Waals surface area contributed by atoms with E-state index in [1.165, 1.54) is 25.7 Å². The Morgan fingerprint density at radius 1 is 1.00 bits per heavy atom. The van der Waals surface area contributed by atoms with Gasteiger partial charge in [0, 0.05) is 6.42 Å². The van der Waals surface area contributed by atoms with Gasteiger partial charge in [-0.05, 0) is 104 Å². The molecule has 0 spiro atoms. The molecule has 3 N–H and O–H groups in total. The van der Waals surface area contributed by atoms with Crippen molar-refractivity contribution >= 4 is 5.97 Å². The van der Waals surface area contributed by atoms with Gasteiger partial charge in [-0.1, -0.05) is 20.8 Å². The number of aliphatic hydroxyl groups is 2. The van der Waals surface area contributed by atoms with Gasteiger partial charge in [0.1, 0.15) is 0 Å². The van der Waals surface area contributed by atoms with E-state index in [-0.39, 0.29) is 93.3 Å². The van der Waals surface area contributed by atoms with Crippen LogP contribution in [0.2, 0.25) is 0 Å². The largest absolute Gasteiger partial charge is 1.00 e. The summed E-state index contributed by atoms with van der Waals surface area (Å²) in [6.45, 7) is 7.16. The zero-order valence-electron chi connectivity index (χ0n) is 19.3. The molecule has 0 unspecified atom stereocenters. The van der Waals surface area contributed by atoms with Crippen molar-refractivity contribution in [3.05, 3.63) is 0 Å². The number of carboxylic acid groups (broad SMARTS) is 1. The summed E-state index contributed by atoms with van der Waals surface area (Å²) in [6, 6.07) is 0. The molecule has 0 bridgehead atoms. The van der Waals surface area contributed by atoms with Crippen LogP contribution in [0.4, 0.5) is 0 Å². The van der Waals surface area contributed by atoms with Crippen LogP contribution in [-0.2, 0) is 4.79 Å². The predicted octanol–water partition coefficient (Wildman–Crippen LogP) is -1.51. The van der Waals surface area contributed by atoms with Gasteiger partial charge in [-0.3, -0.25) is 4.79 Å². The van der Waals surface area contributed by atoms with Gasteiger partial charge in [-0.2, -0.15) is 0 Å². The molecule has 0 amide bonds. The molecular formula is C24H40ClKO4. The second kappa shape index (κ2) is 10.3. The predicted molar refractivity (Wildman–Crippen MR) is 109 cm³/mol. The number of hydrogen-bond acceptors (Lipinski definition) is 3. The molecule has 4 rings (SSSR count). The summed E-state index contributed by atoms with van der Waals surface area (Å²) in [7, 11) is 0. The number of halogens is 1. The third-order valence-electron chi connectivity index (χ3n) is 10.2. The molecule has 0 aromatic heterocycles. The van der Waals surface area contributed by atoms with E-state index < -0.39 is 5.97 Å². The Hall–Kier alpha value is 1.32. The van der Waals surface area contributed by atoms with E-state index in [1.807, 2.05) is 0 Å². The van der Waals surface area contributed by atoms with E-state index in [0.29, 0.717) is 35.5 Å². The van der Waals surface area contributed by atoms with Crippen LogP contribution in [0.1, 0.15) is 85.0 Å². The Bertz CT molecular complexity index is 618. The molecule has 168 valence electrons. The van der Waals surface area contributed by atoms with Gasteiger partial charge in [0.15, 0.2) is 0 Å². The summed E-state index contributed by atoms with van der Waals surface area (Å²) < 4.78 is 0. The smallest absolute Gasteiger partial charge is 1.00 e. The summed E-state index contributed by atoms with van der Waals surface area (Å²) in [6.07, 6.45) is 9.19. The second-order valence-electron chi connectivity index (χ2n) is 11.4. The molecule has 0 aliphatic heterocycles. The van der Waals surface area contributed by atoms with Gasteiger partial charge in [-0.25, -0.2) is 0 Å². The normalized spacial score (nSPS) is 48.2. The van der Waals surface area contributed by atoms with Crippen molar-refractivity contribution in [3.8, 4) is 0 Å². The van der Waals surface area contributed by atoms with Gasteiger partial charge in [0.25, 0.3) is 0 Å². The van der Waals surface area contributed by atoms with Crippen molar-refractivity contribution in [1.29, 1.82) is 0 Å². The first kappa shape index (κ1) is 27.6. The van der Waals surface area contributed by atoms with Crippen LogP contribution in [0.15, 0.2) is 0 Å². The minimum atomic E-state index is -0.684. The molecule has 6 heteroatoms. The van der Waals surface area contributed by atoms with Crippen LogP contribution in [0.3, 0.4) is 0 Å². The second-order valence-corrected chi connectivity index (χ2v) is 11.4. The topological polar surface area (TPSA) is 77.8 Å². The SMILES string of the molecule is C[C@H](CCC(=O)O)[C@H]1CC[C@H]2[C@@H]3[C@@H](O)C[C@@H]4C[C@H](O)CC[C@]4(C)[C@H]3CC[C@]12C.[Cl-].[K+]. The molecule has 0 aromatic rings. The molecule has 4 nitrogen and oxygen atoms in total. The Morgan fingerprint density at radius 3 is 2.30 bits per heavy atom. The molecule has 0 aromatic carbocycles. The maximum atomic E-state index is 11.2. The monoisotopic (exact) mass is 466 g/mol. The first-order valence-corrected chi connectivity index (χ1v) is 11.7. The molecule has 4 aliphatic rings. The Kier molecular flexibility index (Phi) is 9.45. The Morgan fingerprint density at radius 2 is 1.63 bits per heavy atom. The van der Waals surface area contributed by atoms with Crippen LogP contribution in [0, 0.1) is 46.3 Å². The van der Waals surface area contributed by atoms with Gasteiger partial charge < -0.3 is 27.7 Å². The zero-order chi connectivity index (χ0) is 20.3. The third kappa shape index (κ3) is 4.62. The third-order valence-corrected chi connectivity index (χ3v) is 10.2. The van der Waals surface area contributed by atoms with Crippen molar-refractivity contribution < 1.29 is 83.9 Å². The van der Waals surface area contributed by atoms with Crippen molar-refractivity contribution in [1.82, 2.24) is 0 Å². The summed E-state index contributed by atoms with van der Waals surface area (Å²) in [4.78, 5) is 11.1. The van der Waals surface area contributed by atoms with Crippen molar-refractivity contribution in [2.75, 3.05) is 0 Å². The molecule has 4 saturated carbocycles. The Labute approximate surface area is 231 Å². The fraction of sp³-hybridized carbons (Fsp3) is 0.958. The molecule has 0 heterocycles. The average Bonchev–Trinajstić information content (AvgIpc) is 2.98. The van der Waals surface area contributed by atoms with Crippen LogP contribution in [0.25, 0.3) is 0 Å². The van der Waals surface area contributed by atoms with E-state index >= 15 is 0 Å². The van der Waals surface area contributed by atoms with E-state index in [1.54, 1.807) is 0 Å². The van der Waals surface area contributed by atoms with Crippen LogP contribution in [-0.4, -0.2) is 33.5 Å². The first-order valence-electron chi connectivity index (χ1n) is 11.7. The number of fused-ring (bicyclic) bond motifs is 5. The molecule has 4 fully saturated rings. The standard InChI is InChI=1S/C24H40O4.ClH.K/c1-14(4-7-21(27)28)17-5-6-18-22-19(9-11-24(17,18)3)23(2)10-8-16(25)12-15(23)13-20(22)26;;/h14-20,22,25-26H,4-13H2,1-3H3,(H,27,28);1H;/q;;+1/p-1/t14-,15+,16-,17-,18+,19+,20+,22+,23+,24-;;/m1../s1. The number of aliphatic hydroxyl groups excluding tert-OH is 2. The first-order chi connectivity index (χ1) is 13.2. The zero-order valence-corrected chi connectivity index (χ0v) is 23.2. The summed E-state index contributed by atoms with van der Waals surface area (Å²) in [5.41, 5.74) is 0.523. The summed E-state index contributed by atoms with van der Waals surface area (Å²) in [5.74, 6) is 2.36. The van der Waals surface area contributed by atoms with E-state index in [2.05, 4.69) is 20.8 Å². The Balaban J connectivity index is 0.00000160. The fourth-order valence-electron chi connectivity index (χ4n) is 8.73. The molecule has 30 heavy (non-hydrogen) atoms. The number of carboxylic acids is 1. The van der Waals surface area contributed by atoms with E-state index in [0.717, 1.165) is 32.1 Å². The van der Waals surface area contributed by atoms with Gasteiger partial charge in [0.2, 0.25) is 0 Å². The van der Waals surface area contributed by atoms with Gasteiger partial charge >= 0.3 is 57.4 Å². The minimum absolute atomic E-state index is 0. The van der Waals surface area contributed by atoms with Gasteiger partial charge in [-0.15, -0.1) is 0 Å². The van der Waals surface area contributed by atoms with Crippen molar-refractivity contribution in [2.24, 2.45) is 46.3 Å². The van der Waals surface area contributed by atoms with Crippen LogP contribution in [0.5, 0.6) is 0 Å². The number of rotatable bonds is 4. The number of hydrogen-bond donors (Lipinski definition) is 3. The van der Waals surface area contributed by atoms with Gasteiger partial charge in [0.05, 0.1) is 12.2 Å². The molecule has 0 saturated heterocycles. The maximum Gasteiger partial charge on any atom is 1.00 e. The molecule has 4 aliphatic carbocycles. The molecule has 10 atom stereocenters. The summed E-state index contributed by atoms with van der Waals surface area (Å²) in [5, 5.41) is 30.5. The van der Waals surface area contributed by atoms with Crippen molar-refractivity contribution in [3.63, 3.8) is 0 Å². The minimum Gasteiger partial charge on any atom is -1.00 e. The van der Waals surface area contributed by atoms with E-state index in [4.69, 9.17) is 5.11 Å². The molecular weight excluding hydrogens is 427 g/mol. The summed E-state index contributed by atoms with van der Waals surface area (Å²) >= 11 is 0. The number of carbonyl (C=O) groups is 1. The maximum absolute atomic E-state index is 11.2. The number of aliphatic carboxylic acids is 1. The molecule has 0 radical (unpaired) electrons. The quantitative estimate of drug-likeness (QED) is 0.440. The van der Waals surface area contributed by atoms with Crippen LogP contribution < -0.4 is 63.8 Å². The van der Waals surface area contributed by atoms with Crippen molar-refractivity contribution in [2.45, 2.75) is 97.2 Å². The van der Waals surface area contributed by atoms with E-state index in [9.17, 15) is 15.0 Å².